The number of aromatic nitrogens is 1. The number of aryl methyl sites for hydroxylation is 1. The summed E-state index contributed by atoms with van der Waals surface area (Å²) in [7, 11) is 1.57. The molecule has 0 radical (unpaired) electrons. The SMILES string of the molecule is COc1ccc(Nc2ccc(NC(=O)CCc3ccccc3)nc2)cc1Cl. The summed E-state index contributed by atoms with van der Waals surface area (Å²) in [6.45, 7) is 0. The number of amides is 1. The minimum atomic E-state index is -0.0611. The molecule has 6 heteroatoms. The topological polar surface area (TPSA) is 63.2 Å². The van der Waals surface area contributed by atoms with Gasteiger partial charge in [0.25, 0.3) is 0 Å². The summed E-state index contributed by atoms with van der Waals surface area (Å²) in [5.41, 5.74) is 2.75. The zero-order valence-electron chi connectivity index (χ0n) is 14.9. The quantitative estimate of drug-likeness (QED) is 0.600. The van der Waals surface area contributed by atoms with Crippen LogP contribution >= 0.6 is 11.6 Å². The Labute approximate surface area is 163 Å². The van der Waals surface area contributed by atoms with E-state index in [2.05, 4.69) is 15.6 Å². The van der Waals surface area contributed by atoms with Gasteiger partial charge in [-0.2, -0.15) is 0 Å². The molecule has 27 heavy (non-hydrogen) atoms. The number of benzene rings is 2. The third kappa shape index (κ3) is 5.46. The van der Waals surface area contributed by atoms with Crippen molar-refractivity contribution in [2.75, 3.05) is 17.7 Å². The van der Waals surface area contributed by atoms with Crippen LogP contribution in [0.4, 0.5) is 17.2 Å². The molecule has 0 atom stereocenters. The third-order valence-electron chi connectivity index (χ3n) is 3.96. The standard InChI is InChI=1S/C21H20ClN3O2/c1-27-19-10-8-16(13-18(19)22)24-17-9-11-20(23-14-17)25-21(26)12-7-15-5-3-2-4-6-15/h2-6,8-11,13-14,24H,7,12H2,1H3,(H,23,25,26). The molecule has 0 spiro atoms. The van der Waals surface area contributed by atoms with Crippen molar-refractivity contribution in [1.82, 2.24) is 4.98 Å². The number of pyridine rings is 1. The normalized spacial score (nSPS) is 10.3. The molecule has 0 saturated carbocycles. The Balaban J connectivity index is 1.53. The first-order valence-corrected chi connectivity index (χ1v) is 8.92. The minimum Gasteiger partial charge on any atom is -0.495 e. The molecule has 138 valence electrons. The highest BCUT2D eigenvalue weighted by molar-refractivity contribution is 6.32. The number of carbonyl (C=O) groups excluding carboxylic acids is 1. The Bertz CT molecular complexity index is 899. The van der Waals surface area contributed by atoms with Crippen molar-refractivity contribution in [2.24, 2.45) is 0 Å². The second kappa shape index (κ2) is 9.05. The van der Waals surface area contributed by atoms with Crippen molar-refractivity contribution in [3.05, 3.63) is 77.4 Å². The molecule has 2 aromatic carbocycles. The highest BCUT2D eigenvalue weighted by atomic mass is 35.5. The molecule has 0 bridgehead atoms. The first kappa shape index (κ1) is 18.7. The van der Waals surface area contributed by atoms with E-state index >= 15 is 0 Å². The van der Waals surface area contributed by atoms with Gasteiger partial charge in [0.2, 0.25) is 5.91 Å². The highest BCUT2D eigenvalue weighted by Gasteiger charge is 2.05. The van der Waals surface area contributed by atoms with E-state index in [1.165, 1.54) is 0 Å². The number of hydrogen-bond acceptors (Lipinski definition) is 4. The van der Waals surface area contributed by atoms with E-state index in [-0.39, 0.29) is 5.91 Å². The smallest absolute Gasteiger partial charge is 0.225 e. The number of rotatable bonds is 7. The Hall–Kier alpha value is -3.05. The van der Waals surface area contributed by atoms with Crippen LogP contribution in [0, 0.1) is 0 Å². The maximum Gasteiger partial charge on any atom is 0.225 e. The van der Waals surface area contributed by atoms with Crippen LogP contribution in [0.2, 0.25) is 5.02 Å². The second-order valence-electron chi connectivity index (χ2n) is 5.94. The van der Waals surface area contributed by atoms with Crippen LogP contribution in [-0.2, 0) is 11.2 Å². The maximum absolute atomic E-state index is 12.1. The Kier molecular flexibility index (Phi) is 6.28. The van der Waals surface area contributed by atoms with E-state index in [0.29, 0.717) is 29.4 Å². The van der Waals surface area contributed by atoms with Crippen LogP contribution in [0.25, 0.3) is 0 Å². The summed E-state index contributed by atoms with van der Waals surface area (Å²) in [4.78, 5) is 16.3. The summed E-state index contributed by atoms with van der Waals surface area (Å²) >= 11 is 6.12. The predicted octanol–water partition coefficient (Wildman–Crippen LogP) is 5.06. The van der Waals surface area contributed by atoms with Gasteiger partial charge in [-0.25, -0.2) is 4.98 Å². The van der Waals surface area contributed by atoms with Crippen molar-refractivity contribution < 1.29 is 9.53 Å². The van der Waals surface area contributed by atoms with Gasteiger partial charge in [-0.3, -0.25) is 4.79 Å². The molecule has 0 aliphatic carbocycles. The monoisotopic (exact) mass is 381 g/mol. The number of ether oxygens (including phenoxy) is 1. The number of nitrogens with one attached hydrogen (secondary N) is 2. The molecule has 0 fully saturated rings. The molecule has 0 saturated heterocycles. The summed E-state index contributed by atoms with van der Waals surface area (Å²) < 4.78 is 5.14. The zero-order valence-corrected chi connectivity index (χ0v) is 15.7. The summed E-state index contributed by atoms with van der Waals surface area (Å²) in [5.74, 6) is 1.08. The molecule has 0 aliphatic heterocycles. The molecule has 1 heterocycles. The van der Waals surface area contributed by atoms with Gasteiger partial charge in [0.15, 0.2) is 0 Å². The van der Waals surface area contributed by atoms with Gasteiger partial charge < -0.3 is 15.4 Å². The molecule has 0 aliphatic rings. The number of anilines is 3. The fourth-order valence-corrected chi connectivity index (χ4v) is 2.82. The van der Waals surface area contributed by atoms with Gasteiger partial charge in [0.05, 0.1) is 24.0 Å². The molecule has 5 nitrogen and oxygen atoms in total. The number of carbonyl (C=O) groups is 1. The van der Waals surface area contributed by atoms with Crippen LogP contribution in [0.3, 0.4) is 0 Å². The first-order valence-electron chi connectivity index (χ1n) is 8.54. The number of methoxy groups -OCH3 is 1. The zero-order chi connectivity index (χ0) is 19.1. The van der Waals surface area contributed by atoms with Crippen LogP contribution in [0.15, 0.2) is 66.9 Å². The lowest BCUT2D eigenvalue weighted by Gasteiger charge is -2.10. The lowest BCUT2D eigenvalue weighted by atomic mass is 10.1. The van der Waals surface area contributed by atoms with Crippen molar-refractivity contribution in [3.63, 3.8) is 0 Å². The molecular weight excluding hydrogens is 362 g/mol. The predicted molar refractivity (Wildman–Crippen MR) is 109 cm³/mol. The molecule has 3 rings (SSSR count). The molecule has 1 aromatic heterocycles. The second-order valence-corrected chi connectivity index (χ2v) is 6.35. The number of hydrogen-bond donors (Lipinski definition) is 2. The number of nitrogens with zero attached hydrogens (tertiary/aromatic N) is 1. The minimum absolute atomic E-state index is 0.0611. The van der Waals surface area contributed by atoms with Gasteiger partial charge in [-0.15, -0.1) is 0 Å². The molecule has 2 N–H and O–H groups in total. The van der Waals surface area contributed by atoms with E-state index in [9.17, 15) is 4.79 Å². The fourth-order valence-electron chi connectivity index (χ4n) is 2.56. The molecule has 3 aromatic rings. The Morgan fingerprint density at radius 2 is 1.85 bits per heavy atom. The average molecular weight is 382 g/mol. The van der Waals surface area contributed by atoms with Crippen molar-refractivity contribution in [3.8, 4) is 5.75 Å². The van der Waals surface area contributed by atoms with E-state index < -0.39 is 0 Å². The molecule has 0 unspecified atom stereocenters. The van der Waals surface area contributed by atoms with E-state index in [1.54, 1.807) is 31.5 Å². The Morgan fingerprint density at radius 1 is 1.07 bits per heavy atom. The molecular formula is C21H20ClN3O2. The van der Waals surface area contributed by atoms with Crippen LogP contribution < -0.4 is 15.4 Å². The van der Waals surface area contributed by atoms with Gasteiger partial charge >= 0.3 is 0 Å². The van der Waals surface area contributed by atoms with Crippen LogP contribution in [-0.4, -0.2) is 18.0 Å². The Morgan fingerprint density at radius 3 is 2.52 bits per heavy atom. The van der Waals surface area contributed by atoms with Crippen molar-refractivity contribution in [1.29, 1.82) is 0 Å². The van der Waals surface area contributed by atoms with E-state index in [0.717, 1.165) is 16.9 Å². The summed E-state index contributed by atoms with van der Waals surface area (Å²) in [5, 5.41) is 6.55. The summed E-state index contributed by atoms with van der Waals surface area (Å²) in [6, 6.07) is 19.0. The molecule has 1 amide bonds. The van der Waals surface area contributed by atoms with E-state index in [1.807, 2.05) is 42.5 Å². The lowest BCUT2D eigenvalue weighted by Crippen LogP contribution is -2.13. The van der Waals surface area contributed by atoms with Gasteiger partial charge in [-0.1, -0.05) is 41.9 Å². The average Bonchev–Trinajstić information content (AvgIpc) is 2.69. The lowest BCUT2D eigenvalue weighted by molar-refractivity contribution is -0.116. The number of halogens is 1. The van der Waals surface area contributed by atoms with Gasteiger partial charge in [0.1, 0.15) is 11.6 Å². The van der Waals surface area contributed by atoms with Gasteiger partial charge in [-0.05, 0) is 42.3 Å². The van der Waals surface area contributed by atoms with Crippen LogP contribution in [0.5, 0.6) is 5.75 Å². The van der Waals surface area contributed by atoms with Gasteiger partial charge in [0, 0.05) is 12.1 Å². The third-order valence-corrected chi connectivity index (χ3v) is 4.25. The van der Waals surface area contributed by atoms with Crippen molar-refractivity contribution in [2.45, 2.75) is 12.8 Å². The largest absolute Gasteiger partial charge is 0.495 e. The first-order chi connectivity index (χ1) is 13.1. The van der Waals surface area contributed by atoms with Crippen molar-refractivity contribution >= 4 is 34.7 Å². The van der Waals surface area contributed by atoms with E-state index in [4.69, 9.17) is 16.3 Å². The maximum atomic E-state index is 12.1. The summed E-state index contributed by atoms with van der Waals surface area (Å²) in [6.07, 6.45) is 2.77. The fraction of sp³-hybridized carbons (Fsp3) is 0.143. The van der Waals surface area contributed by atoms with Crippen LogP contribution in [0.1, 0.15) is 12.0 Å². The highest BCUT2D eigenvalue weighted by Crippen LogP contribution is 2.28.